The standard InChI is InChI=1S/C29H40N6O6/c1-28(2,3)25-29(17-34(25)27(39)40)14-18(16-41-29)15-32-10-12-33(13-11-32)19-6-5-7-20-23(19)31(4)26(38)35(20)21-8-9-22(36)30-24(21)37/h5-7,18,21,25H,8-17H2,1-4H3,(H,39,40)(H,30,36,37). The molecule has 222 valence electrons. The molecule has 1 spiro atoms. The van der Waals surface area contributed by atoms with Crippen molar-refractivity contribution in [2.45, 2.75) is 57.7 Å². The van der Waals surface area contributed by atoms with Gasteiger partial charge in [-0.05, 0) is 36.3 Å². The second-order valence-electron chi connectivity index (χ2n) is 13.2. The van der Waals surface area contributed by atoms with Crippen LogP contribution in [0, 0.1) is 11.3 Å². The molecule has 4 aliphatic heterocycles. The maximum atomic E-state index is 13.3. The molecule has 3 amide bonds. The van der Waals surface area contributed by atoms with Crippen LogP contribution in [-0.2, 0) is 21.4 Å². The van der Waals surface area contributed by atoms with Gasteiger partial charge >= 0.3 is 11.8 Å². The number of carbonyl (C=O) groups is 3. The molecule has 12 heteroatoms. The molecule has 4 atom stereocenters. The van der Waals surface area contributed by atoms with Crippen LogP contribution in [0.15, 0.2) is 23.0 Å². The molecular weight excluding hydrogens is 528 g/mol. The lowest BCUT2D eigenvalue weighted by Crippen LogP contribution is -2.74. The number of carboxylic acid groups (broad SMARTS) is 1. The molecule has 0 aliphatic carbocycles. The lowest BCUT2D eigenvalue weighted by atomic mass is 9.67. The van der Waals surface area contributed by atoms with Crippen LogP contribution in [-0.4, -0.2) is 99.5 Å². The SMILES string of the molecule is Cn1c(=O)n(C2CCC(=O)NC2=O)c2cccc(N3CCN(CC4COC5(C4)CN(C(=O)O)C5C(C)(C)C)CC3)c21. The number of piperazine rings is 1. The van der Waals surface area contributed by atoms with Crippen LogP contribution in [0.25, 0.3) is 11.0 Å². The average molecular weight is 569 g/mol. The monoisotopic (exact) mass is 568 g/mol. The first-order chi connectivity index (χ1) is 19.4. The number of fused-ring (bicyclic) bond motifs is 1. The van der Waals surface area contributed by atoms with Gasteiger partial charge in [-0.1, -0.05) is 26.8 Å². The lowest BCUT2D eigenvalue weighted by molar-refractivity contribution is -0.178. The van der Waals surface area contributed by atoms with Crippen molar-refractivity contribution in [1.29, 1.82) is 0 Å². The van der Waals surface area contributed by atoms with Gasteiger partial charge < -0.3 is 14.7 Å². The third-order valence-electron chi connectivity index (χ3n) is 9.39. The summed E-state index contributed by atoms with van der Waals surface area (Å²) in [4.78, 5) is 55.6. The van der Waals surface area contributed by atoms with E-state index in [1.165, 1.54) is 9.47 Å². The Kier molecular flexibility index (Phi) is 6.68. The Morgan fingerprint density at radius 2 is 1.88 bits per heavy atom. The zero-order chi connectivity index (χ0) is 29.3. The highest BCUT2D eigenvalue weighted by molar-refractivity contribution is 6.00. The third kappa shape index (κ3) is 4.61. The summed E-state index contributed by atoms with van der Waals surface area (Å²) in [5, 5.41) is 12.0. The zero-order valence-electron chi connectivity index (χ0n) is 24.3. The highest BCUT2D eigenvalue weighted by Gasteiger charge is 2.63. The van der Waals surface area contributed by atoms with Crippen LogP contribution in [0.4, 0.5) is 10.5 Å². The normalized spacial score (nSPS) is 29.3. The van der Waals surface area contributed by atoms with E-state index in [2.05, 4.69) is 35.9 Å². The first kappa shape index (κ1) is 27.8. The molecule has 0 radical (unpaired) electrons. The average Bonchev–Trinajstić information content (AvgIpc) is 3.43. The Bertz CT molecular complexity index is 1450. The van der Waals surface area contributed by atoms with Crippen molar-refractivity contribution >= 4 is 34.6 Å². The number of aromatic nitrogens is 2. The highest BCUT2D eigenvalue weighted by Crippen LogP contribution is 2.50. The molecule has 12 nitrogen and oxygen atoms in total. The minimum absolute atomic E-state index is 0.144. The van der Waals surface area contributed by atoms with E-state index >= 15 is 0 Å². The Morgan fingerprint density at radius 1 is 1.15 bits per heavy atom. The van der Waals surface area contributed by atoms with Gasteiger partial charge in [0.1, 0.15) is 11.6 Å². The minimum Gasteiger partial charge on any atom is -0.465 e. The summed E-state index contributed by atoms with van der Waals surface area (Å²) >= 11 is 0. The third-order valence-corrected chi connectivity index (χ3v) is 9.39. The van der Waals surface area contributed by atoms with Crippen molar-refractivity contribution in [3.05, 3.63) is 28.7 Å². The van der Waals surface area contributed by atoms with E-state index in [4.69, 9.17) is 4.74 Å². The van der Waals surface area contributed by atoms with Gasteiger partial charge in [0.15, 0.2) is 0 Å². The van der Waals surface area contributed by atoms with Crippen molar-refractivity contribution < 1.29 is 24.2 Å². The second-order valence-corrected chi connectivity index (χ2v) is 13.2. The maximum absolute atomic E-state index is 13.3. The largest absolute Gasteiger partial charge is 0.465 e. The molecule has 1 aromatic heterocycles. The van der Waals surface area contributed by atoms with Crippen molar-refractivity contribution in [1.82, 2.24) is 24.3 Å². The van der Waals surface area contributed by atoms with Crippen LogP contribution >= 0.6 is 0 Å². The number of carbonyl (C=O) groups excluding carboxylic acids is 2. The molecular formula is C29H40N6O6. The van der Waals surface area contributed by atoms with Crippen molar-refractivity contribution in [2.24, 2.45) is 18.4 Å². The van der Waals surface area contributed by atoms with Gasteiger partial charge in [-0.3, -0.25) is 33.8 Å². The van der Waals surface area contributed by atoms with Gasteiger partial charge in [-0.15, -0.1) is 0 Å². The quantitative estimate of drug-likeness (QED) is 0.533. The molecule has 0 bridgehead atoms. The molecule has 1 aromatic carbocycles. The van der Waals surface area contributed by atoms with E-state index in [1.54, 1.807) is 11.6 Å². The van der Waals surface area contributed by atoms with Crippen molar-refractivity contribution in [3.8, 4) is 0 Å². The number of aryl methyl sites for hydroxylation is 1. The topological polar surface area (TPSA) is 129 Å². The Labute approximate surface area is 238 Å². The molecule has 5 heterocycles. The molecule has 4 fully saturated rings. The number of rotatable bonds is 4. The molecule has 6 rings (SSSR count). The van der Waals surface area contributed by atoms with E-state index < -0.39 is 18.0 Å². The lowest BCUT2D eigenvalue weighted by Gasteiger charge is -2.58. The van der Waals surface area contributed by atoms with Crippen LogP contribution in [0.2, 0.25) is 0 Å². The Hall–Kier alpha value is -3.38. The van der Waals surface area contributed by atoms with E-state index in [1.807, 2.05) is 18.2 Å². The number of hydrogen-bond donors (Lipinski definition) is 2. The first-order valence-electron chi connectivity index (χ1n) is 14.5. The number of para-hydroxylation sites is 1. The highest BCUT2D eigenvalue weighted by atomic mass is 16.5. The van der Waals surface area contributed by atoms with E-state index in [-0.39, 0.29) is 35.1 Å². The number of likely N-dealkylation sites (tertiary alicyclic amines) is 1. The predicted octanol–water partition coefficient (Wildman–Crippen LogP) is 1.62. The number of piperidine rings is 1. The van der Waals surface area contributed by atoms with Crippen molar-refractivity contribution in [2.75, 3.05) is 50.8 Å². The number of benzene rings is 1. The van der Waals surface area contributed by atoms with Crippen LogP contribution in [0.5, 0.6) is 0 Å². The fourth-order valence-corrected chi connectivity index (χ4v) is 7.82. The summed E-state index contributed by atoms with van der Waals surface area (Å²) in [6, 6.07) is 4.97. The smallest absolute Gasteiger partial charge is 0.407 e. The summed E-state index contributed by atoms with van der Waals surface area (Å²) in [5.74, 6) is -0.380. The van der Waals surface area contributed by atoms with Gasteiger partial charge in [0.2, 0.25) is 11.8 Å². The fraction of sp³-hybridized carbons (Fsp3) is 0.655. The molecule has 41 heavy (non-hydrogen) atoms. The number of imide groups is 1. The Balaban J connectivity index is 1.13. The molecule has 4 aliphatic rings. The number of nitrogens with one attached hydrogen (secondary N) is 1. The predicted molar refractivity (Wildman–Crippen MR) is 152 cm³/mol. The van der Waals surface area contributed by atoms with Gasteiger partial charge in [-0.2, -0.15) is 0 Å². The molecule has 2 N–H and O–H groups in total. The van der Waals surface area contributed by atoms with E-state index in [0.717, 1.165) is 50.3 Å². The van der Waals surface area contributed by atoms with Crippen molar-refractivity contribution in [3.63, 3.8) is 0 Å². The molecule has 0 saturated carbocycles. The molecule has 2 aromatic rings. The van der Waals surface area contributed by atoms with E-state index in [9.17, 15) is 24.3 Å². The number of anilines is 1. The summed E-state index contributed by atoms with van der Waals surface area (Å²) < 4.78 is 9.50. The number of nitrogens with zero attached hydrogens (tertiary/aromatic N) is 5. The van der Waals surface area contributed by atoms with E-state index in [0.29, 0.717) is 31.0 Å². The zero-order valence-corrected chi connectivity index (χ0v) is 24.3. The number of amides is 3. The van der Waals surface area contributed by atoms with Gasteiger partial charge in [0.05, 0.1) is 35.9 Å². The van der Waals surface area contributed by atoms with Crippen LogP contribution < -0.4 is 15.9 Å². The number of hydrogen-bond acceptors (Lipinski definition) is 7. The molecule has 4 unspecified atom stereocenters. The Morgan fingerprint density at radius 3 is 2.54 bits per heavy atom. The van der Waals surface area contributed by atoms with Gasteiger partial charge in [0.25, 0.3) is 0 Å². The molecule has 4 saturated heterocycles. The summed E-state index contributed by atoms with van der Waals surface area (Å²) in [5.41, 5.74) is 1.61. The summed E-state index contributed by atoms with van der Waals surface area (Å²) in [6.07, 6.45) is 0.513. The summed E-state index contributed by atoms with van der Waals surface area (Å²) in [7, 11) is 1.74. The second kappa shape index (κ2) is 9.87. The fourth-order valence-electron chi connectivity index (χ4n) is 7.82. The first-order valence-corrected chi connectivity index (χ1v) is 14.5. The van der Waals surface area contributed by atoms with Gasteiger partial charge in [0, 0.05) is 46.2 Å². The van der Waals surface area contributed by atoms with Crippen LogP contribution in [0.1, 0.15) is 46.1 Å². The maximum Gasteiger partial charge on any atom is 0.407 e. The van der Waals surface area contributed by atoms with Gasteiger partial charge in [-0.25, -0.2) is 9.59 Å². The number of imidazole rings is 1. The number of ether oxygens (including phenoxy) is 1. The summed E-state index contributed by atoms with van der Waals surface area (Å²) in [6.45, 7) is 11.6. The van der Waals surface area contributed by atoms with Crippen LogP contribution in [0.3, 0.4) is 0 Å². The minimum atomic E-state index is -0.876.